The van der Waals surface area contributed by atoms with E-state index in [0.717, 1.165) is 0 Å². The number of methoxy groups -OCH3 is 1. The summed E-state index contributed by atoms with van der Waals surface area (Å²) in [4.78, 5) is 12.1. The van der Waals surface area contributed by atoms with Crippen LogP contribution in [-0.2, 0) is 14.3 Å². The molecule has 18 heavy (non-hydrogen) atoms. The van der Waals surface area contributed by atoms with E-state index in [1.54, 1.807) is 13.8 Å². The Balaban J connectivity index is 2.50. The van der Waals surface area contributed by atoms with Gasteiger partial charge in [0.05, 0.1) is 12.0 Å². The largest absolute Gasteiger partial charge is 0.490 e. The smallest absolute Gasteiger partial charge is 0.168 e. The molecule has 2 aliphatic rings. The fourth-order valence-electron chi connectivity index (χ4n) is 2.45. The minimum Gasteiger partial charge on any atom is -0.490 e. The molecule has 1 aliphatic carbocycles. The Labute approximate surface area is 110 Å². The molecule has 4 atom stereocenters. The predicted octanol–water partition coefficient (Wildman–Crippen LogP) is 0.366. The molecule has 0 radical (unpaired) electrons. The molecular formula is C12H17ClO5. The molecule has 0 aromatic carbocycles. The highest BCUT2D eigenvalue weighted by Crippen LogP contribution is 2.40. The van der Waals surface area contributed by atoms with Gasteiger partial charge in [-0.15, -0.1) is 11.6 Å². The van der Waals surface area contributed by atoms with E-state index in [4.69, 9.17) is 21.1 Å². The quantitative estimate of drug-likeness (QED) is 0.677. The molecule has 0 saturated carbocycles. The molecule has 4 unspecified atom stereocenters. The summed E-state index contributed by atoms with van der Waals surface area (Å²) in [5.41, 5.74) is -0.418. The predicted molar refractivity (Wildman–Crippen MR) is 64.3 cm³/mol. The zero-order chi connectivity index (χ0) is 13.7. The van der Waals surface area contributed by atoms with E-state index >= 15 is 0 Å². The monoisotopic (exact) mass is 276 g/mol. The van der Waals surface area contributed by atoms with Crippen LogP contribution in [-0.4, -0.2) is 52.4 Å². The van der Waals surface area contributed by atoms with Gasteiger partial charge in [0, 0.05) is 7.11 Å². The third-order valence-electron chi connectivity index (χ3n) is 3.29. The van der Waals surface area contributed by atoms with Crippen LogP contribution in [0.25, 0.3) is 0 Å². The van der Waals surface area contributed by atoms with Crippen LogP contribution in [0.4, 0.5) is 0 Å². The van der Waals surface area contributed by atoms with Crippen molar-refractivity contribution in [2.24, 2.45) is 0 Å². The molecule has 1 heterocycles. The molecule has 0 spiro atoms. The Bertz CT molecular complexity index is 403. The van der Waals surface area contributed by atoms with Crippen LogP contribution in [0.15, 0.2) is 11.3 Å². The highest BCUT2D eigenvalue weighted by molar-refractivity contribution is 6.23. The van der Waals surface area contributed by atoms with E-state index in [0.29, 0.717) is 0 Å². The van der Waals surface area contributed by atoms with Crippen molar-refractivity contribution in [1.29, 1.82) is 0 Å². The molecule has 2 N–H and O–H groups in total. The van der Waals surface area contributed by atoms with Gasteiger partial charge >= 0.3 is 0 Å². The van der Waals surface area contributed by atoms with Crippen molar-refractivity contribution in [3.05, 3.63) is 11.3 Å². The van der Waals surface area contributed by atoms with E-state index < -0.39 is 29.3 Å². The molecule has 0 aromatic rings. The van der Waals surface area contributed by atoms with Crippen molar-refractivity contribution in [3.63, 3.8) is 0 Å². The van der Waals surface area contributed by atoms with Crippen molar-refractivity contribution in [1.82, 2.24) is 0 Å². The number of ether oxygens (including phenoxy) is 2. The molecule has 1 aliphatic heterocycles. The number of hydrogen-bond donors (Lipinski definition) is 2. The molecule has 6 heteroatoms. The van der Waals surface area contributed by atoms with Gasteiger partial charge in [0.25, 0.3) is 0 Å². The van der Waals surface area contributed by atoms with Crippen molar-refractivity contribution >= 4 is 17.4 Å². The second-order valence-electron chi connectivity index (χ2n) is 5.28. The zero-order valence-corrected chi connectivity index (χ0v) is 11.3. The van der Waals surface area contributed by atoms with Crippen LogP contribution in [0.1, 0.15) is 20.3 Å². The highest BCUT2D eigenvalue weighted by Gasteiger charge is 2.50. The molecule has 102 valence electrons. The summed E-state index contributed by atoms with van der Waals surface area (Å²) in [6.45, 7) is 3.55. The minimum absolute atomic E-state index is 0.162. The third kappa shape index (κ3) is 2.05. The third-order valence-corrected chi connectivity index (χ3v) is 3.74. The van der Waals surface area contributed by atoms with E-state index in [1.165, 1.54) is 7.11 Å². The summed E-state index contributed by atoms with van der Waals surface area (Å²) < 4.78 is 10.8. The lowest BCUT2D eigenvalue weighted by atomic mass is 9.81. The Kier molecular flexibility index (Phi) is 3.44. The summed E-state index contributed by atoms with van der Waals surface area (Å²) in [5.74, 6) is 0.0623. The van der Waals surface area contributed by atoms with E-state index in [1.807, 2.05) is 0 Å². The number of aliphatic hydroxyl groups excluding tert-OH is 2. The number of hydrogen-bond acceptors (Lipinski definition) is 5. The second-order valence-corrected chi connectivity index (χ2v) is 5.75. The Hall–Kier alpha value is -0.620. The SMILES string of the molecule is COC1C2=C(OC(C)(C)CC2=O)C(Cl)C(O)C1O. The van der Waals surface area contributed by atoms with Crippen molar-refractivity contribution in [3.8, 4) is 0 Å². The molecule has 5 nitrogen and oxygen atoms in total. The first kappa shape index (κ1) is 13.8. The number of carbonyl (C=O) groups is 1. The molecule has 0 aromatic heterocycles. The lowest BCUT2D eigenvalue weighted by molar-refractivity contribution is -0.134. The van der Waals surface area contributed by atoms with Gasteiger partial charge in [-0.3, -0.25) is 4.79 Å². The van der Waals surface area contributed by atoms with Crippen LogP contribution in [0.5, 0.6) is 0 Å². The highest BCUT2D eigenvalue weighted by atomic mass is 35.5. The summed E-state index contributed by atoms with van der Waals surface area (Å²) in [6, 6.07) is 0. The van der Waals surface area contributed by atoms with E-state index in [-0.39, 0.29) is 23.5 Å². The van der Waals surface area contributed by atoms with Crippen LogP contribution in [0.3, 0.4) is 0 Å². The number of carbonyl (C=O) groups excluding carboxylic acids is 1. The Morgan fingerprint density at radius 2 is 2.00 bits per heavy atom. The standard InChI is InChI=1S/C12H17ClO5/c1-12(2)4-5(14)6-10(18-12)7(13)8(15)9(16)11(6)17-3/h7-9,11,15-16H,4H2,1-3H3. The number of ketones is 1. The maximum atomic E-state index is 12.1. The molecule has 0 saturated heterocycles. The number of Topliss-reactive ketones (excluding diaryl/α,β-unsaturated/α-hetero) is 1. The average molecular weight is 277 g/mol. The van der Waals surface area contributed by atoms with Gasteiger partial charge < -0.3 is 19.7 Å². The normalized spacial score (nSPS) is 39.3. The van der Waals surface area contributed by atoms with E-state index in [9.17, 15) is 15.0 Å². The van der Waals surface area contributed by atoms with Gasteiger partial charge in [0.2, 0.25) is 0 Å². The second kappa shape index (κ2) is 4.49. The summed E-state index contributed by atoms with van der Waals surface area (Å²) in [5, 5.41) is 18.8. The Morgan fingerprint density at radius 1 is 1.39 bits per heavy atom. The van der Waals surface area contributed by atoms with Gasteiger partial charge in [-0.05, 0) is 13.8 Å². The number of halogens is 1. The van der Waals surface area contributed by atoms with E-state index in [2.05, 4.69) is 0 Å². The zero-order valence-electron chi connectivity index (χ0n) is 10.5. The summed E-state index contributed by atoms with van der Waals surface area (Å²) in [6.07, 6.45) is -3.16. The average Bonchev–Trinajstić information content (AvgIpc) is 2.27. The van der Waals surface area contributed by atoms with Crippen molar-refractivity contribution in [2.45, 2.75) is 49.6 Å². The lowest BCUT2D eigenvalue weighted by Gasteiger charge is -2.43. The number of aliphatic hydroxyl groups is 2. The maximum absolute atomic E-state index is 12.1. The van der Waals surface area contributed by atoms with Gasteiger partial charge in [-0.1, -0.05) is 0 Å². The van der Waals surface area contributed by atoms with Crippen molar-refractivity contribution in [2.75, 3.05) is 7.11 Å². The fraction of sp³-hybridized carbons (Fsp3) is 0.750. The number of rotatable bonds is 1. The van der Waals surface area contributed by atoms with Crippen LogP contribution < -0.4 is 0 Å². The maximum Gasteiger partial charge on any atom is 0.168 e. The van der Waals surface area contributed by atoms with Gasteiger partial charge in [-0.25, -0.2) is 0 Å². The fourth-order valence-corrected chi connectivity index (χ4v) is 2.76. The van der Waals surface area contributed by atoms with Gasteiger partial charge in [0.1, 0.15) is 35.0 Å². The minimum atomic E-state index is -1.23. The number of alkyl halides is 1. The first-order chi connectivity index (χ1) is 8.28. The molecular weight excluding hydrogens is 260 g/mol. The van der Waals surface area contributed by atoms with Gasteiger partial charge in [0.15, 0.2) is 5.78 Å². The molecule has 2 rings (SSSR count). The van der Waals surface area contributed by atoms with Crippen LogP contribution in [0.2, 0.25) is 0 Å². The van der Waals surface area contributed by atoms with Crippen molar-refractivity contribution < 1.29 is 24.5 Å². The van der Waals surface area contributed by atoms with Crippen LogP contribution >= 0.6 is 11.6 Å². The summed E-state index contributed by atoms with van der Waals surface area (Å²) >= 11 is 6.05. The molecule has 0 bridgehead atoms. The first-order valence-electron chi connectivity index (χ1n) is 5.78. The lowest BCUT2D eigenvalue weighted by Crippen LogP contribution is -2.54. The van der Waals surface area contributed by atoms with Crippen LogP contribution in [0, 0.1) is 0 Å². The molecule has 0 fully saturated rings. The topological polar surface area (TPSA) is 76.0 Å². The van der Waals surface area contributed by atoms with Gasteiger partial charge in [-0.2, -0.15) is 0 Å². The first-order valence-corrected chi connectivity index (χ1v) is 6.21. The molecule has 0 amide bonds. The summed E-state index contributed by atoms with van der Waals surface area (Å²) in [7, 11) is 1.37. The Morgan fingerprint density at radius 3 is 2.56 bits per heavy atom.